The molecule has 1 aromatic carbocycles. The lowest BCUT2D eigenvalue weighted by Gasteiger charge is -2.15. The van der Waals surface area contributed by atoms with Gasteiger partial charge in [-0.2, -0.15) is 0 Å². The molecule has 0 bridgehead atoms. The van der Waals surface area contributed by atoms with E-state index in [9.17, 15) is 4.79 Å². The van der Waals surface area contributed by atoms with Gasteiger partial charge in [-0.15, -0.1) is 0 Å². The predicted octanol–water partition coefficient (Wildman–Crippen LogP) is 1.61. The molecule has 0 aliphatic heterocycles. The molecule has 1 rings (SSSR count). The minimum atomic E-state index is -0.219. The normalized spacial score (nSPS) is 10.6. The molecular weight excluding hydrogens is 266 g/mol. The second-order valence-electron chi connectivity index (χ2n) is 4.23. The van der Waals surface area contributed by atoms with Crippen molar-refractivity contribution in [3.63, 3.8) is 0 Å². The highest BCUT2D eigenvalue weighted by atomic mass is 35.5. The van der Waals surface area contributed by atoms with E-state index < -0.39 is 0 Å². The summed E-state index contributed by atoms with van der Waals surface area (Å²) >= 11 is 5.93. The Balaban J connectivity index is 2.73. The quantitative estimate of drug-likeness (QED) is 0.779. The third kappa shape index (κ3) is 4.29. The number of carbonyl (C=O) groups is 1. The van der Waals surface area contributed by atoms with Crippen molar-refractivity contribution in [3.05, 3.63) is 22.7 Å². The lowest BCUT2D eigenvalue weighted by atomic mass is 10.1. The molecule has 0 saturated carbocycles. The van der Waals surface area contributed by atoms with Gasteiger partial charge in [0.1, 0.15) is 5.75 Å². The van der Waals surface area contributed by atoms with Crippen LogP contribution in [0.4, 0.5) is 5.69 Å². The number of likely N-dealkylation sites (N-methyl/N-ethyl adjacent to an activating group) is 1. The Morgan fingerprint density at radius 1 is 1.53 bits per heavy atom. The number of nitrogens with zero attached hydrogens (tertiary/aromatic N) is 1. The Kier molecular flexibility index (Phi) is 5.92. The van der Waals surface area contributed by atoms with Gasteiger partial charge >= 0.3 is 0 Å². The van der Waals surface area contributed by atoms with Crippen molar-refractivity contribution in [3.8, 4) is 5.75 Å². The SMILES string of the molecule is CCN(C)CCNC(=O)c1cc(Cl)c(N)cc1OC. The van der Waals surface area contributed by atoms with E-state index >= 15 is 0 Å². The van der Waals surface area contributed by atoms with E-state index in [1.807, 2.05) is 7.05 Å². The maximum absolute atomic E-state index is 12.0. The summed E-state index contributed by atoms with van der Waals surface area (Å²) in [5.74, 6) is 0.200. The van der Waals surface area contributed by atoms with Crippen molar-refractivity contribution < 1.29 is 9.53 Å². The second-order valence-corrected chi connectivity index (χ2v) is 4.63. The molecular formula is C13H20ClN3O2. The van der Waals surface area contributed by atoms with Crippen LogP contribution in [0.5, 0.6) is 5.75 Å². The number of rotatable bonds is 6. The summed E-state index contributed by atoms with van der Waals surface area (Å²) in [5.41, 5.74) is 6.45. The maximum atomic E-state index is 12.0. The molecule has 106 valence electrons. The van der Waals surface area contributed by atoms with Crippen molar-refractivity contribution in [2.45, 2.75) is 6.92 Å². The first-order valence-corrected chi connectivity index (χ1v) is 6.47. The summed E-state index contributed by atoms with van der Waals surface area (Å²) in [7, 11) is 3.48. The Morgan fingerprint density at radius 3 is 2.79 bits per heavy atom. The van der Waals surface area contributed by atoms with Crippen molar-refractivity contribution in [1.82, 2.24) is 10.2 Å². The lowest BCUT2D eigenvalue weighted by molar-refractivity contribution is 0.0947. The van der Waals surface area contributed by atoms with Gasteiger partial charge in [0.25, 0.3) is 5.91 Å². The number of anilines is 1. The first-order chi connectivity index (χ1) is 8.99. The second kappa shape index (κ2) is 7.21. The molecule has 0 aliphatic carbocycles. The van der Waals surface area contributed by atoms with E-state index in [1.165, 1.54) is 13.2 Å². The maximum Gasteiger partial charge on any atom is 0.255 e. The standard InChI is InChI=1S/C13H20ClN3O2/c1-4-17(2)6-5-16-13(18)9-7-10(14)11(15)8-12(9)19-3/h7-8H,4-6,15H2,1-3H3,(H,16,18). The summed E-state index contributed by atoms with van der Waals surface area (Å²) in [4.78, 5) is 14.2. The van der Waals surface area contributed by atoms with Gasteiger partial charge in [0.15, 0.2) is 0 Å². The number of ether oxygens (including phenoxy) is 1. The third-order valence-electron chi connectivity index (χ3n) is 2.88. The van der Waals surface area contributed by atoms with Crippen molar-refractivity contribution in [2.24, 2.45) is 0 Å². The minimum Gasteiger partial charge on any atom is -0.496 e. The van der Waals surface area contributed by atoms with Gasteiger partial charge in [0, 0.05) is 19.2 Å². The number of nitrogens with two attached hydrogens (primary N) is 1. The molecule has 1 amide bonds. The number of methoxy groups -OCH3 is 1. The van der Waals surface area contributed by atoms with Crippen LogP contribution in [0.25, 0.3) is 0 Å². The third-order valence-corrected chi connectivity index (χ3v) is 3.21. The van der Waals surface area contributed by atoms with Crippen molar-refractivity contribution in [1.29, 1.82) is 0 Å². The topological polar surface area (TPSA) is 67.6 Å². The fourth-order valence-electron chi connectivity index (χ4n) is 1.53. The fraction of sp³-hybridized carbons (Fsp3) is 0.462. The zero-order valence-corrected chi connectivity index (χ0v) is 12.3. The summed E-state index contributed by atoms with van der Waals surface area (Å²) in [6, 6.07) is 3.07. The number of halogens is 1. The lowest BCUT2D eigenvalue weighted by Crippen LogP contribution is -2.33. The van der Waals surface area contributed by atoms with Crippen LogP contribution in [0.3, 0.4) is 0 Å². The molecule has 0 aromatic heterocycles. The molecule has 0 heterocycles. The summed E-state index contributed by atoms with van der Waals surface area (Å²) in [5, 5.41) is 3.17. The highest BCUT2D eigenvalue weighted by Gasteiger charge is 2.14. The monoisotopic (exact) mass is 285 g/mol. The largest absolute Gasteiger partial charge is 0.496 e. The number of nitrogens with one attached hydrogen (secondary N) is 1. The molecule has 6 heteroatoms. The number of benzene rings is 1. The van der Waals surface area contributed by atoms with Gasteiger partial charge < -0.3 is 20.7 Å². The minimum absolute atomic E-state index is 0.219. The molecule has 5 nitrogen and oxygen atoms in total. The molecule has 0 aliphatic rings. The van der Waals surface area contributed by atoms with Crippen LogP contribution in [-0.4, -0.2) is 44.6 Å². The highest BCUT2D eigenvalue weighted by Crippen LogP contribution is 2.28. The van der Waals surface area contributed by atoms with Gasteiger partial charge in [-0.1, -0.05) is 18.5 Å². The van der Waals surface area contributed by atoms with Gasteiger partial charge in [-0.25, -0.2) is 0 Å². The highest BCUT2D eigenvalue weighted by molar-refractivity contribution is 6.33. The van der Waals surface area contributed by atoms with Crippen LogP contribution in [0.2, 0.25) is 5.02 Å². The Labute approximate surface area is 118 Å². The van der Waals surface area contributed by atoms with Gasteiger partial charge in [-0.05, 0) is 19.7 Å². The Hall–Kier alpha value is -1.46. The molecule has 3 N–H and O–H groups in total. The average Bonchev–Trinajstić information content (AvgIpc) is 2.40. The molecule has 19 heavy (non-hydrogen) atoms. The van der Waals surface area contributed by atoms with Gasteiger partial charge in [0.05, 0.1) is 23.4 Å². The average molecular weight is 286 g/mol. The summed E-state index contributed by atoms with van der Waals surface area (Å²) in [6.45, 7) is 4.35. The van der Waals surface area contributed by atoms with Crippen molar-refractivity contribution >= 4 is 23.2 Å². The molecule has 0 fully saturated rings. The first-order valence-electron chi connectivity index (χ1n) is 6.09. The van der Waals surface area contributed by atoms with Crippen LogP contribution in [-0.2, 0) is 0 Å². The smallest absolute Gasteiger partial charge is 0.255 e. The van der Waals surface area contributed by atoms with Gasteiger partial charge in [0.2, 0.25) is 0 Å². The Bertz CT molecular complexity index is 452. The van der Waals surface area contributed by atoms with Crippen LogP contribution in [0.15, 0.2) is 12.1 Å². The molecule has 0 spiro atoms. The van der Waals surface area contributed by atoms with Crippen LogP contribution < -0.4 is 15.8 Å². The van der Waals surface area contributed by atoms with Crippen LogP contribution >= 0.6 is 11.6 Å². The Morgan fingerprint density at radius 2 is 2.21 bits per heavy atom. The molecule has 0 atom stereocenters. The predicted molar refractivity (Wildman–Crippen MR) is 77.9 cm³/mol. The van der Waals surface area contributed by atoms with E-state index in [0.29, 0.717) is 28.6 Å². The zero-order valence-electron chi connectivity index (χ0n) is 11.5. The van der Waals surface area contributed by atoms with E-state index in [1.54, 1.807) is 6.07 Å². The van der Waals surface area contributed by atoms with Crippen molar-refractivity contribution in [2.75, 3.05) is 39.5 Å². The fourth-order valence-corrected chi connectivity index (χ4v) is 1.69. The number of hydrogen-bond acceptors (Lipinski definition) is 4. The van der Waals surface area contributed by atoms with E-state index in [-0.39, 0.29) is 5.91 Å². The van der Waals surface area contributed by atoms with E-state index in [0.717, 1.165) is 13.1 Å². The number of carbonyl (C=O) groups excluding carboxylic acids is 1. The first kappa shape index (κ1) is 15.6. The zero-order chi connectivity index (χ0) is 14.4. The summed E-state index contributed by atoms with van der Waals surface area (Å²) in [6.07, 6.45) is 0. The number of hydrogen-bond donors (Lipinski definition) is 2. The van der Waals surface area contributed by atoms with Crippen LogP contribution in [0.1, 0.15) is 17.3 Å². The molecule has 0 saturated heterocycles. The summed E-state index contributed by atoms with van der Waals surface area (Å²) < 4.78 is 5.14. The molecule has 1 aromatic rings. The van der Waals surface area contributed by atoms with E-state index in [4.69, 9.17) is 22.1 Å². The van der Waals surface area contributed by atoms with Crippen LogP contribution in [0, 0.1) is 0 Å². The molecule has 0 radical (unpaired) electrons. The number of amides is 1. The molecule has 0 unspecified atom stereocenters. The van der Waals surface area contributed by atoms with E-state index in [2.05, 4.69) is 17.1 Å². The van der Waals surface area contributed by atoms with Gasteiger partial charge in [-0.3, -0.25) is 4.79 Å². The number of nitrogen functional groups attached to an aromatic ring is 1.